The van der Waals surface area contributed by atoms with Gasteiger partial charge in [0, 0.05) is 26.2 Å². The van der Waals surface area contributed by atoms with Crippen LogP contribution < -0.4 is 5.32 Å². The normalized spacial score (nSPS) is 11.4. The molecule has 0 atom stereocenters. The van der Waals surface area contributed by atoms with Gasteiger partial charge >= 0.3 is 5.97 Å². The quantitative estimate of drug-likeness (QED) is 0.683. The van der Waals surface area contributed by atoms with Crippen molar-refractivity contribution in [2.45, 2.75) is 25.0 Å². The van der Waals surface area contributed by atoms with E-state index in [1.54, 1.807) is 12.1 Å². The zero-order valence-electron chi connectivity index (χ0n) is 15.4. The number of ether oxygens (including phenoxy) is 1. The second kappa shape index (κ2) is 8.83. The topological polar surface area (TPSA) is 106 Å². The molecule has 0 unspecified atom stereocenters. The van der Waals surface area contributed by atoms with Crippen LogP contribution >= 0.6 is 0 Å². The zero-order chi connectivity index (χ0) is 20.0. The molecule has 1 aromatic carbocycles. The van der Waals surface area contributed by atoms with E-state index in [9.17, 15) is 18.0 Å². The van der Waals surface area contributed by atoms with E-state index in [1.807, 2.05) is 19.1 Å². The minimum absolute atomic E-state index is 0.0127. The number of amides is 1. The maximum absolute atomic E-state index is 12.0. The monoisotopic (exact) mass is 394 g/mol. The summed E-state index contributed by atoms with van der Waals surface area (Å²) in [6.07, 6.45) is -0.0127. The summed E-state index contributed by atoms with van der Waals surface area (Å²) in [5.74, 6) is -0.577. The van der Waals surface area contributed by atoms with Gasteiger partial charge in [0.2, 0.25) is 5.09 Å². The molecule has 1 heterocycles. The van der Waals surface area contributed by atoms with Crippen LogP contribution in [0.5, 0.6) is 0 Å². The van der Waals surface area contributed by atoms with E-state index in [4.69, 9.17) is 9.15 Å². The van der Waals surface area contributed by atoms with Gasteiger partial charge in [-0.1, -0.05) is 18.2 Å². The van der Waals surface area contributed by atoms with Crippen LogP contribution in [-0.2, 0) is 26.2 Å². The molecule has 0 fully saturated rings. The van der Waals surface area contributed by atoms with E-state index in [0.29, 0.717) is 5.56 Å². The molecule has 0 aliphatic heterocycles. The first-order chi connectivity index (χ1) is 12.7. The van der Waals surface area contributed by atoms with Gasteiger partial charge in [0.1, 0.15) is 12.4 Å². The van der Waals surface area contributed by atoms with E-state index in [1.165, 1.54) is 26.2 Å². The number of esters is 1. The molecule has 2 aromatic rings. The van der Waals surface area contributed by atoms with Crippen LogP contribution in [0, 0.1) is 6.92 Å². The Bertz CT molecular complexity index is 917. The van der Waals surface area contributed by atoms with Crippen molar-refractivity contribution in [2.75, 3.05) is 20.6 Å². The number of hydrogen-bond acceptors (Lipinski definition) is 6. The molecule has 0 saturated heterocycles. The molecule has 8 nitrogen and oxygen atoms in total. The Morgan fingerprint density at radius 3 is 2.52 bits per heavy atom. The van der Waals surface area contributed by atoms with Crippen LogP contribution in [0.2, 0.25) is 0 Å². The van der Waals surface area contributed by atoms with Gasteiger partial charge in [0.05, 0.1) is 6.42 Å². The SMILES string of the molecule is Cc1ccccc1C(=O)NCCC(=O)OCc1ccc(S(=O)(=O)N(C)C)o1. The zero-order valence-corrected chi connectivity index (χ0v) is 16.2. The summed E-state index contributed by atoms with van der Waals surface area (Å²) in [6.45, 7) is 1.77. The highest BCUT2D eigenvalue weighted by Gasteiger charge is 2.21. The number of furan rings is 1. The first kappa shape index (κ1) is 20.7. The fourth-order valence-corrected chi connectivity index (χ4v) is 2.99. The summed E-state index contributed by atoms with van der Waals surface area (Å²) in [7, 11) is -0.886. The van der Waals surface area contributed by atoms with E-state index in [-0.39, 0.29) is 36.3 Å². The Hall–Kier alpha value is -2.65. The summed E-state index contributed by atoms with van der Waals surface area (Å²) in [5.41, 5.74) is 1.40. The third-order valence-electron chi connectivity index (χ3n) is 3.75. The van der Waals surface area contributed by atoms with E-state index in [0.717, 1.165) is 9.87 Å². The summed E-state index contributed by atoms with van der Waals surface area (Å²) in [6, 6.07) is 9.89. The van der Waals surface area contributed by atoms with Crippen molar-refractivity contribution in [1.29, 1.82) is 0 Å². The van der Waals surface area contributed by atoms with Gasteiger partial charge in [-0.15, -0.1) is 0 Å². The Labute approximate surface area is 158 Å². The number of carbonyl (C=O) groups excluding carboxylic acids is 2. The number of sulfonamides is 1. The number of benzene rings is 1. The molecule has 0 aliphatic carbocycles. The van der Waals surface area contributed by atoms with Gasteiger partial charge in [-0.25, -0.2) is 12.7 Å². The molecule has 1 aromatic heterocycles. The first-order valence-electron chi connectivity index (χ1n) is 8.22. The highest BCUT2D eigenvalue weighted by Crippen LogP contribution is 2.17. The summed E-state index contributed by atoms with van der Waals surface area (Å²) in [4.78, 5) is 23.8. The van der Waals surface area contributed by atoms with Crippen molar-refractivity contribution < 1.29 is 27.2 Å². The predicted octanol–water partition coefficient (Wildman–Crippen LogP) is 1.70. The largest absolute Gasteiger partial charge is 0.457 e. The molecule has 1 N–H and O–H groups in total. The summed E-state index contributed by atoms with van der Waals surface area (Å²) < 4.78 is 35.1. The third kappa shape index (κ3) is 5.41. The Morgan fingerprint density at radius 2 is 1.85 bits per heavy atom. The Morgan fingerprint density at radius 1 is 1.15 bits per heavy atom. The maximum Gasteiger partial charge on any atom is 0.308 e. The molecule has 146 valence electrons. The molecule has 0 aliphatic rings. The minimum Gasteiger partial charge on any atom is -0.457 e. The molecule has 9 heteroatoms. The lowest BCUT2D eigenvalue weighted by Gasteiger charge is -2.08. The molecule has 0 bridgehead atoms. The van der Waals surface area contributed by atoms with Gasteiger partial charge in [-0.2, -0.15) is 0 Å². The molecule has 0 saturated carbocycles. The van der Waals surface area contributed by atoms with Gasteiger partial charge < -0.3 is 14.5 Å². The molecule has 0 radical (unpaired) electrons. The van der Waals surface area contributed by atoms with E-state index in [2.05, 4.69) is 5.32 Å². The van der Waals surface area contributed by atoms with Crippen molar-refractivity contribution in [1.82, 2.24) is 9.62 Å². The summed E-state index contributed by atoms with van der Waals surface area (Å²) in [5, 5.41) is 2.44. The fourth-order valence-electron chi connectivity index (χ4n) is 2.18. The average molecular weight is 394 g/mol. The summed E-state index contributed by atoms with van der Waals surface area (Å²) >= 11 is 0. The number of aryl methyl sites for hydroxylation is 1. The van der Waals surface area contributed by atoms with Crippen molar-refractivity contribution in [2.24, 2.45) is 0 Å². The maximum atomic E-state index is 12.0. The van der Waals surface area contributed by atoms with Crippen molar-refractivity contribution in [3.05, 3.63) is 53.3 Å². The molecule has 2 rings (SSSR count). The minimum atomic E-state index is -3.67. The highest BCUT2D eigenvalue weighted by atomic mass is 32.2. The number of carbonyl (C=O) groups is 2. The lowest BCUT2D eigenvalue weighted by molar-refractivity contribution is -0.145. The first-order valence-corrected chi connectivity index (χ1v) is 9.66. The smallest absolute Gasteiger partial charge is 0.308 e. The molecule has 1 amide bonds. The number of hydrogen-bond donors (Lipinski definition) is 1. The van der Waals surface area contributed by atoms with Crippen LogP contribution in [0.1, 0.15) is 28.1 Å². The van der Waals surface area contributed by atoms with Crippen LogP contribution in [0.4, 0.5) is 0 Å². The van der Waals surface area contributed by atoms with Crippen LogP contribution in [0.25, 0.3) is 0 Å². The highest BCUT2D eigenvalue weighted by molar-refractivity contribution is 7.88. The average Bonchev–Trinajstić information content (AvgIpc) is 3.10. The standard InChI is InChI=1S/C18H22N2O6S/c1-13-6-4-5-7-15(13)18(22)19-11-10-16(21)25-12-14-8-9-17(26-14)27(23,24)20(2)3/h4-9H,10-12H2,1-3H3,(H,19,22). The van der Waals surface area contributed by atoms with Crippen molar-refractivity contribution in [3.63, 3.8) is 0 Å². The second-order valence-electron chi connectivity index (χ2n) is 5.99. The molecular formula is C18H22N2O6S. The third-order valence-corrected chi connectivity index (χ3v) is 5.44. The molecule has 0 spiro atoms. The van der Waals surface area contributed by atoms with Crippen molar-refractivity contribution >= 4 is 21.9 Å². The molecular weight excluding hydrogens is 372 g/mol. The predicted molar refractivity (Wildman–Crippen MR) is 97.5 cm³/mol. The fraction of sp³-hybridized carbons (Fsp3) is 0.333. The second-order valence-corrected chi connectivity index (χ2v) is 8.07. The van der Waals surface area contributed by atoms with Gasteiger partial charge in [-0.05, 0) is 30.7 Å². The number of nitrogens with zero attached hydrogens (tertiary/aromatic N) is 1. The lowest BCUT2D eigenvalue weighted by Crippen LogP contribution is -2.27. The van der Waals surface area contributed by atoms with Crippen LogP contribution in [-0.4, -0.2) is 45.2 Å². The van der Waals surface area contributed by atoms with Crippen LogP contribution in [0.3, 0.4) is 0 Å². The van der Waals surface area contributed by atoms with Gasteiger partial charge in [0.15, 0.2) is 0 Å². The Kier molecular flexibility index (Phi) is 6.75. The van der Waals surface area contributed by atoms with Crippen LogP contribution in [0.15, 0.2) is 45.9 Å². The molecule has 27 heavy (non-hydrogen) atoms. The Balaban J connectivity index is 1.78. The number of nitrogens with one attached hydrogen (secondary N) is 1. The lowest BCUT2D eigenvalue weighted by atomic mass is 10.1. The van der Waals surface area contributed by atoms with Gasteiger partial charge in [-0.3, -0.25) is 9.59 Å². The van der Waals surface area contributed by atoms with E-state index >= 15 is 0 Å². The number of rotatable bonds is 8. The van der Waals surface area contributed by atoms with Gasteiger partial charge in [0.25, 0.3) is 15.9 Å². The van der Waals surface area contributed by atoms with E-state index < -0.39 is 16.0 Å². The van der Waals surface area contributed by atoms with Crippen molar-refractivity contribution in [3.8, 4) is 0 Å².